The van der Waals surface area contributed by atoms with Gasteiger partial charge in [-0.15, -0.1) is 0 Å². The molecule has 0 N–H and O–H groups in total. The molecule has 0 bridgehead atoms. The normalized spacial score (nSPS) is 10.3. The molecule has 1 aromatic heterocycles. The summed E-state index contributed by atoms with van der Waals surface area (Å²) in [6, 6.07) is 6.29. The van der Waals surface area contributed by atoms with Crippen LogP contribution in [0.3, 0.4) is 0 Å². The molecule has 0 spiro atoms. The molecule has 1 heterocycles. The van der Waals surface area contributed by atoms with Crippen molar-refractivity contribution in [1.82, 2.24) is 4.98 Å². The molecule has 0 amide bonds. The number of nitro groups is 1. The molecule has 0 atom stereocenters. The Morgan fingerprint density at radius 1 is 1.47 bits per heavy atom. The van der Waals surface area contributed by atoms with Crippen molar-refractivity contribution in [2.45, 2.75) is 6.92 Å². The number of aryl methyl sites for hydroxylation is 1. The SMILES string of the molecule is Cc1cccc([N+](=O)[O-])c1Oc1ncc(Br)cc1Cl. The molecule has 0 aliphatic rings. The molecule has 19 heavy (non-hydrogen) atoms. The lowest BCUT2D eigenvalue weighted by Crippen LogP contribution is -1.97. The van der Waals surface area contributed by atoms with Crippen LogP contribution < -0.4 is 4.74 Å². The fourth-order valence-electron chi connectivity index (χ4n) is 1.49. The van der Waals surface area contributed by atoms with Crippen molar-refractivity contribution < 1.29 is 9.66 Å². The van der Waals surface area contributed by atoms with Crippen LogP contribution in [0.4, 0.5) is 5.69 Å². The zero-order valence-electron chi connectivity index (χ0n) is 9.76. The molecular weight excluding hydrogens is 336 g/mol. The first-order chi connectivity index (χ1) is 8.99. The molecule has 5 nitrogen and oxygen atoms in total. The van der Waals surface area contributed by atoms with Crippen LogP contribution in [-0.2, 0) is 0 Å². The van der Waals surface area contributed by atoms with Gasteiger partial charge in [-0.2, -0.15) is 0 Å². The highest BCUT2D eigenvalue weighted by Crippen LogP contribution is 2.36. The summed E-state index contributed by atoms with van der Waals surface area (Å²) >= 11 is 9.20. The van der Waals surface area contributed by atoms with Crippen molar-refractivity contribution in [1.29, 1.82) is 0 Å². The molecule has 0 aliphatic carbocycles. The molecule has 98 valence electrons. The third kappa shape index (κ3) is 3.02. The van der Waals surface area contributed by atoms with Crippen LogP contribution in [0.15, 0.2) is 34.9 Å². The summed E-state index contributed by atoms with van der Waals surface area (Å²) < 4.78 is 6.18. The number of rotatable bonds is 3. The number of nitrogens with zero attached hydrogens (tertiary/aromatic N) is 2. The van der Waals surface area contributed by atoms with Gasteiger partial charge in [0.25, 0.3) is 0 Å². The summed E-state index contributed by atoms with van der Waals surface area (Å²) in [6.45, 7) is 1.72. The predicted molar refractivity (Wildman–Crippen MR) is 74.9 cm³/mol. The first-order valence-corrected chi connectivity index (χ1v) is 6.39. The van der Waals surface area contributed by atoms with Crippen molar-refractivity contribution in [2.75, 3.05) is 0 Å². The molecule has 0 fully saturated rings. The van der Waals surface area contributed by atoms with Crippen LogP contribution in [0.5, 0.6) is 11.6 Å². The smallest absolute Gasteiger partial charge is 0.311 e. The van der Waals surface area contributed by atoms with Crippen LogP contribution >= 0.6 is 27.5 Å². The molecule has 1 aromatic carbocycles. The Morgan fingerprint density at radius 2 is 2.21 bits per heavy atom. The average molecular weight is 344 g/mol. The van der Waals surface area contributed by atoms with Crippen LogP contribution in [0.2, 0.25) is 5.02 Å². The van der Waals surface area contributed by atoms with Gasteiger partial charge >= 0.3 is 5.69 Å². The lowest BCUT2D eigenvalue weighted by atomic mass is 10.2. The quantitative estimate of drug-likeness (QED) is 0.607. The number of halogens is 2. The largest absolute Gasteiger partial charge is 0.430 e. The van der Waals surface area contributed by atoms with Gasteiger partial charge in [0, 0.05) is 16.7 Å². The molecule has 0 aliphatic heterocycles. The minimum atomic E-state index is -0.505. The maximum Gasteiger partial charge on any atom is 0.311 e. The highest BCUT2D eigenvalue weighted by atomic mass is 79.9. The van der Waals surface area contributed by atoms with E-state index < -0.39 is 4.92 Å². The van der Waals surface area contributed by atoms with Gasteiger partial charge in [0.1, 0.15) is 5.02 Å². The Hall–Kier alpha value is -1.66. The second-order valence-electron chi connectivity index (χ2n) is 3.72. The molecule has 0 saturated heterocycles. The first kappa shape index (κ1) is 13.8. The molecule has 7 heteroatoms. The zero-order valence-corrected chi connectivity index (χ0v) is 12.1. The maximum absolute atomic E-state index is 11.0. The fraction of sp³-hybridized carbons (Fsp3) is 0.0833. The van der Waals surface area contributed by atoms with Crippen LogP contribution in [0.1, 0.15) is 5.56 Å². The second-order valence-corrected chi connectivity index (χ2v) is 5.05. The van der Waals surface area contributed by atoms with E-state index >= 15 is 0 Å². The highest BCUT2D eigenvalue weighted by Gasteiger charge is 2.19. The van der Waals surface area contributed by atoms with Crippen molar-refractivity contribution >= 4 is 33.2 Å². The van der Waals surface area contributed by atoms with E-state index in [4.69, 9.17) is 16.3 Å². The van der Waals surface area contributed by atoms with Crippen molar-refractivity contribution in [2.24, 2.45) is 0 Å². The Bertz CT molecular complexity index is 649. The van der Waals surface area contributed by atoms with E-state index in [0.717, 1.165) is 0 Å². The van der Waals surface area contributed by atoms with Crippen molar-refractivity contribution in [3.05, 3.63) is 55.6 Å². The molecule has 0 radical (unpaired) electrons. The lowest BCUT2D eigenvalue weighted by Gasteiger charge is -2.09. The Labute approximate surface area is 122 Å². The van der Waals surface area contributed by atoms with Gasteiger partial charge in [-0.1, -0.05) is 23.7 Å². The van der Waals surface area contributed by atoms with Crippen LogP contribution in [0.25, 0.3) is 0 Å². The third-order valence-electron chi connectivity index (χ3n) is 2.36. The summed E-state index contributed by atoms with van der Waals surface area (Å²) in [5.74, 6) is 0.270. The van der Waals surface area contributed by atoms with Gasteiger partial charge < -0.3 is 4.74 Å². The molecule has 2 rings (SSSR count). The molecule has 0 saturated carbocycles. The third-order valence-corrected chi connectivity index (χ3v) is 3.07. The van der Waals surface area contributed by atoms with E-state index in [1.807, 2.05) is 0 Å². The minimum Gasteiger partial charge on any atom is -0.430 e. The van der Waals surface area contributed by atoms with Crippen molar-refractivity contribution in [3.63, 3.8) is 0 Å². The van der Waals surface area contributed by atoms with Crippen LogP contribution in [0, 0.1) is 17.0 Å². The highest BCUT2D eigenvalue weighted by molar-refractivity contribution is 9.10. The Kier molecular flexibility index (Phi) is 4.01. The lowest BCUT2D eigenvalue weighted by molar-refractivity contribution is -0.385. The molecular formula is C12H8BrClN2O3. The number of nitro benzene ring substituents is 1. The number of para-hydroxylation sites is 1. The van der Waals surface area contributed by atoms with Crippen LogP contribution in [-0.4, -0.2) is 9.91 Å². The molecule has 0 unspecified atom stereocenters. The Morgan fingerprint density at radius 3 is 2.84 bits per heavy atom. The Balaban J connectivity index is 2.46. The first-order valence-electron chi connectivity index (χ1n) is 5.22. The monoisotopic (exact) mass is 342 g/mol. The van der Waals surface area contributed by atoms with E-state index in [-0.39, 0.29) is 22.3 Å². The topological polar surface area (TPSA) is 65.3 Å². The number of ether oxygens (including phenoxy) is 1. The van der Waals surface area contributed by atoms with E-state index in [0.29, 0.717) is 10.0 Å². The average Bonchev–Trinajstić information content (AvgIpc) is 2.34. The van der Waals surface area contributed by atoms with E-state index in [9.17, 15) is 10.1 Å². The maximum atomic E-state index is 11.0. The van der Waals surface area contributed by atoms with Crippen molar-refractivity contribution in [3.8, 4) is 11.6 Å². The predicted octanol–water partition coefficient (Wildman–Crippen LogP) is 4.51. The summed E-state index contributed by atoms with van der Waals surface area (Å²) in [5.41, 5.74) is 0.510. The van der Waals surface area contributed by atoms with Gasteiger partial charge in [0.15, 0.2) is 0 Å². The number of pyridine rings is 1. The number of hydrogen-bond donors (Lipinski definition) is 0. The molecule has 2 aromatic rings. The fourth-order valence-corrected chi connectivity index (χ4v) is 2.16. The standard InChI is InChI=1S/C12H8BrClN2O3/c1-7-3-2-4-10(16(17)18)11(7)19-12-9(14)5-8(13)6-15-12/h2-6H,1H3. The van der Waals surface area contributed by atoms with E-state index in [2.05, 4.69) is 20.9 Å². The summed E-state index contributed by atoms with van der Waals surface area (Å²) in [4.78, 5) is 14.5. The van der Waals surface area contributed by atoms with Gasteiger partial charge in [-0.05, 0) is 34.5 Å². The van der Waals surface area contributed by atoms with Gasteiger partial charge in [-0.25, -0.2) is 4.98 Å². The van der Waals surface area contributed by atoms with Gasteiger partial charge in [-0.3, -0.25) is 10.1 Å². The van der Waals surface area contributed by atoms with Gasteiger partial charge in [0.05, 0.1) is 4.92 Å². The summed E-state index contributed by atoms with van der Waals surface area (Å²) in [7, 11) is 0. The zero-order chi connectivity index (χ0) is 14.0. The minimum absolute atomic E-state index is 0.124. The summed E-state index contributed by atoms with van der Waals surface area (Å²) in [6.07, 6.45) is 1.51. The van der Waals surface area contributed by atoms with E-state index in [1.54, 1.807) is 25.1 Å². The second kappa shape index (κ2) is 5.54. The summed E-state index contributed by atoms with van der Waals surface area (Å²) in [5, 5.41) is 11.2. The van der Waals surface area contributed by atoms with Gasteiger partial charge in [0.2, 0.25) is 11.6 Å². The number of hydrogen-bond acceptors (Lipinski definition) is 4. The van der Waals surface area contributed by atoms with E-state index in [1.165, 1.54) is 12.3 Å². The number of benzene rings is 1. The number of aromatic nitrogens is 1.